The molecule has 1 saturated heterocycles. The number of halogens is 2. The Kier molecular flexibility index (Phi) is 5.83. The molecule has 0 aliphatic carbocycles. The van der Waals surface area contributed by atoms with Gasteiger partial charge in [0, 0.05) is 0 Å². The van der Waals surface area contributed by atoms with E-state index in [1.807, 2.05) is 0 Å². The lowest BCUT2D eigenvalue weighted by Gasteiger charge is -2.32. The molecule has 0 spiro atoms. The minimum absolute atomic E-state index is 0.184. The molecule has 6 nitrogen and oxygen atoms in total. The van der Waals surface area contributed by atoms with Gasteiger partial charge in [-0.05, 0) is 0 Å². The van der Waals surface area contributed by atoms with Crippen LogP contribution in [-0.4, -0.2) is 49.2 Å². The fourth-order valence-electron chi connectivity index (χ4n) is 1.15. The summed E-state index contributed by atoms with van der Waals surface area (Å²) in [5.74, 6) is -1.17. The van der Waals surface area contributed by atoms with Crippen molar-refractivity contribution in [1.82, 2.24) is 10.6 Å². The Bertz CT molecular complexity index is 238. The van der Waals surface area contributed by atoms with Gasteiger partial charge in [-0.1, -0.05) is 0 Å². The molecule has 16 heavy (non-hydrogen) atoms. The standard InChI is InChI=1S/C8H12Cl2N2O4/c9-3-5(13)11-7-8(12-6(14)4-10)16-2-1-15-7/h7-8H,1-4H2,(H,11,13)(H,12,14). The smallest absolute Gasteiger partial charge is 0.237 e. The molecule has 2 unspecified atom stereocenters. The topological polar surface area (TPSA) is 76.7 Å². The van der Waals surface area contributed by atoms with Crippen LogP contribution in [0.2, 0.25) is 0 Å². The number of alkyl halides is 2. The van der Waals surface area contributed by atoms with Gasteiger partial charge < -0.3 is 20.1 Å². The van der Waals surface area contributed by atoms with Gasteiger partial charge >= 0.3 is 0 Å². The molecule has 8 heteroatoms. The molecule has 0 aromatic rings. The Morgan fingerprint density at radius 1 is 1.00 bits per heavy atom. The zero-order valence-electron chi connectivity index (χ0n) is 8.37. The van der Waals surface area contributed by atoms with E-state index in [0.717, 1.165) is 0 Å². The average molecular weight is 271 g/mol. The normalized spacial score (nSPS) is 24.9. The van der Waals surface area contributed by atoms with Gasteiger partial charge in [0.15, 0.2) is 12.5 Å². The van der Waals surface area contributed by atoms with Gasteiger partial charge in [-0.3, -0.25) is 9.59 Å². The van der Waals surface area contributed by atoms with Crippen LogP contribution in [0.1, 0.15) is 0 Å². The molecule has 0 aromatic carbocycles. The molecule has 1 aliphatic rings. The van der Waals surface area contributed by atoms with E-state index in [1.165, 1.54) is 0 Å². The molecule has 1 aliphatic heterocycles. The summed E-state index contributed by atoms with van der Waals surface area (Å²) in [4.78, 5) is 22.1. The van der Waals surface area contributed by atoms with Crippen LogP contribution in [0.3, 0.4) is 0 Å². The third kappa shape index (κ3) is 4.13. The predicted octanol–water partition coefficient (Wildman–Crippen LogP) is -0.605. The van der Waals surface area contributed by atoms with E-state index in [1.54, 1.807) is 0 Å². The summed E-state index contributed by atoms with van der Waals surface area (Å²) < 4.78 is 10.5. The highest BCUT2D eigenvalue weighted by molar-refractivity contribution is 6.27. The number of hydrogen-bond donors (Lipinski definition) is 2. The third-order valence-corrected chi connectivity index (χ3v) is 2.29. The summed E-state index contributed by atoms with van der Waals surface area (Å²) in [5, 5.41) is 4.94. The molecule has 1 rings (SSSR count). The van der Waals surface area contributed by atoms with E-state index in [-0.39, 0.29) is 11.8 Å². The van der Waals surface area contributed by atoms with Crippen LogP contribution in [0.5, 0.6) is 0 Å². The first-order valence-electron chi connectivity index (χ1n) is 4.61. The number of nitrogens with one attached hydrogen (secondary N) is 2. The van der Waals surface area contributed by atoms with Crippen molar-refractivity contribution in [2.45, 2.75) is 12.5 Å². The van der Waals surface area contributed by atoms with Gasteiger partial charge in [-0.15, -0.1) is 23.2 Å². The Labute approximate surface area is 103 Å². The molecule has 0 saturated carbocycles. The second-order valence-electron chi connectivity index (χ2n) is 2.99. The van der Waals surface area contributed by atoms with Crippen LogP contribution in [0.25, 0.3) is 0 Å². The monoisotopic (exact) mass is 270 g/mol. The molecular formula is C8H12Cl2N2O4. The van der Waals surface area contributed by atoms with E-state index < -0.39 is 24.3 Å². The molecule has 2 N–H and O–H groups in total. The number of carbonyl (C=O) groups is 2. The second-order valence-corrected chi connectivity index (χ2v) is 3.52. The van der Waals surface area contributed by atoms with Crippen molar-refractivity contribution < 1.29 is 19.1 Å². The molecule has 2 amide bonds. The highest BCUT2D eigenvalue weighted by Crippen LogP contribution is 2.05. The van der Waals surface area contributed by atoms with E-state index >= 15 is 0 Å². The Balaban J connectivity index is 2.49. The zero-order chi connectivity index (χ0) is 12.0. The van der Waals surface area contributed by atoms with Crippen molar-refractivity contribution in [2.24, 2.45) is 0 Å². The summed E-state index contributed by atoms with van der Waals surface area (Å²) in [5.41, 5.74) is 0. The van der Waals surface area contributed by atoms with Gasteiger partial charge in [0.25, 0.3) is 0 Å². The number of ether oxygens (including phenoxy) is 2. The molecular weight excluding hydrogens is 259 g/mol. The van der Waals surface area contributed by atoms with Crippen LogP contribution >= 0.6 is 23.2 Å². The first kappa shape index (κ1) is 13.5. The van der Waals surface area contributed by atoms with Crippen molar-refractivity contribution in [3.63, 3.8) is 0 Å². The fourth-order valence-corrected chi connectivity index (χ4v) is 1.31. The number of amides is 2. The molecule has 0 aromatic heterocycles. The largest absolute Gasteiger partial charge is 0.351 e. The van der Waals surface area contributed by atoms with Gasteiger partial charge in [0.05, 0.1) is 13.2 Å². The lowest BCUT2D eigenvalue weighted by atomic mass is 10.4. The van der Waals surface area contributed by atoms with Crippen molar-refractivity contribution in [2.75, 3.05) is 25.0 Å². The van der Waals surface area contributed by atoms with E-state index in [2.05, 4.69) is 10.6 Å². The van der Waals surface area contributed by atoms with E-state index in [4.69, 9.17) is 32.7 Å². The molecule has 0 bridgehead atoms. The Morgan fingerprint density at radius 3 is 1.69 bits per heavy atom. The summed E-state index contributed by atoms with van der Waals surface area (Å²) in [6.45, 7) is 0.668. The maximum Gasteiger partial charge on any atom is 0.237 e. The first-order chi connectivity index (χ1) is 7.67. The van der Waals surface area contributed by atoms with Crippen LogP contribution in [0.15, 0.2) is 0 Å². The Hall–Kier alpha value is -0.560. The minimum Gasteiger partial charge on any atom is -0.351 e. The van der Waals surface area contributed by atoms with Gasteiger partial charge in [-0.2, -0.15) is 0 Å². The van der Waals surface area contributed by atoms with Crippen molar-refractivity contribution >= 4 is 35.0 Å². The summed E-state index contributed by atoms with van der Waals surface area (Å²) in [6, 6.07) is 0. The average Bonchev–Trinajstić information content (AvgIpc) is 2.31. The predicted molar refractivity (Wildman–Crippen MR) is 57.2 cm³/mol. The zero-order valence-corrected chi connectivity index (χ0v) is 9.88. The number of rotatable bonds is 4. The maximum atomic E-state index is 11.1. The quantitative estimate of drug-likeness (QED) is 0.669. The van der Waals surface area contributed by atoms with Gasteiger partial charge in [-0.25, -0.2) is 0 Å². The summed E-state index contributed by atoms with van der Waals surface area (Å²) >= 11 is 10.7. The van der Waals surface area contributed by atoms with Crippen LogP contribution < -0.4 is 10.6 Å². The lowest BCUT2D eigenvalue weighted by Crippen LogP contribution is -2.57. The van der Waals surface area contributed by atoms with Gasteiger partial charge in [0.2, 0.25) is 11.8 Å². The van der Waals surface area contributed by atoms with E-state index in [0.29, 0.717) is 13.2 Å². The Morgan fingerprint density at radius 2 is 1.38 bits per heavy atom. The molecule has 1 fully saturated rings. The SMILES string of the molecule is O=C(CCl)NC1OCCOC1NC(=O)CCl. The highest BCUT2D eigenvalue weighted by Gasteiger charge is 2.29. The highest BCUT2D eigenvalue weighted by atomic mass is 35.5. The summed E-state index contributed by atoms with van der Waals surface area (Å²) in [7, 11) is 0. The van der Waals surface area contributed by atoms with Crippen molar-refractivity contribution in [1.29, 1.82) is 0 Å². The van der Waals surface area contributed by atoms with Crippen LogP contribution in [0.4, 0.5) is 0 Å². The minimum atomic E-state index is -0.743. The van der Waals surface area contributed by atoms with Gasteiger partial charge in [0.1, 0.15) is 11.8 Å². The molecule has 2 atom stereocenters. The summed E-state index contributed by atoms with van der Waals surface area (Å²) in [6.07, 6.45) is -1.49. The lowest BCUT2D eigenvalue weighted by molar-refractivity contribution is -0.172. The third-order valence-electron chi connectivity index (χ3n) is 1.80. The fraction of sp³-hybridized carbons (Fsp3) is 0.750. The first-order valence-corrected chi connectivity index (χ1v) is 5.68. The maximum absolute atomic E-state index is 11.1. The van der Waals surface area contributed by atoms with Crippen LogP contribution in [0, 0.1) is 0 Å². The van der Waals surface area contributed by atoms with Crippen LogP contribution in [-0.2, 0) is 19.1 Å². The number of hydrogen-bond acceptors (Lipinski definition) is 4. The van der Waals surface area contributed by atoms with Crippen molar-refractivity contribution in [3.05, 3.63) is 0 Å². The molecule has 92 valence electrons. The van der Waals surface area contributed by atoms with E-state index in [9.17, 15) is 9.59 Å². The number of carbonyl (C=O) groups excluding carboxylic acids is 2. The molecule has 0 radical (unpaired) electrons. The second kappa shape index (κ2) is 6.90. The molecule has 1 heterocycles. The van der Waals surface area contributed by atoms with Crippen molar-refractivity contribution in [3.8, 4) is 0 Å².